The normalized spacial score (nSPS) is 10.8. The Morgan fingerprint density at radius 2 is 1.58 bits per heavy atom. The third kappa shape index (κ3) is 4.53. The number of rotatable bonds is 5. The molecule has 138 valence electrons. The van der Waals surface area contributed by atoms with Gasteiger partial charge in [-0.2, -0.15) is 0 Å². The summed E-state index contributed by atoms with van der Waals surface area (Å²) in [7, 11) is -3.68. The molecule has 6 heteroatoms. The number of sulfonamides is 1. The van der Waals surface area contributed by atoms with Crippen molar-refractivity contribution in [1.82, 2.24) is 4.57 Å². The molecule has 0 fully saturated rings. The minimum absolute atomic E-state index is 0.0982. The van der Waals surface area contributed by atoms with E-state index in [2.05, 4.69) is 0 Å². The lowest BCUT2D eigenvalue weighted by Crippen LogP contribution is -2.12. The van der Waals surface area contributed by atoms with E-state index >= 15 is 0 Å². The lowest BCUT2D eigenvalue weighted by Gasteiger charge is -2.11. The van der Waals surface area contributed by atoms with E-state index in [0.29, 0.717) is 6.61 Å². The topological polar surface area (TPSA) is 74.3 Å². The SMILES string of the molecule is CC.CCOc1ccc(-c2cccn2-c2ccc(S(N)(=O)=O)cc2)cc1. The van der Waals surface area contributed by atoms with Crippen molar-refractivity contribution in [3.63, 3.8) is 0 Å². The highest BCUT2D eigenvalue weighted by Gasteiger charge is 2.10. The van der Waals surface area contributed by atoms with Crippen molar-refractivity contribution < 1.29 is 13.2 Å². The van der Waals surface area contributed by atoms with Gasteiger partial charge in [-0.1, -0.05) is 13.8 Å². The van der Waals surface area contributed by atoms with E-state index in [4.69, 9.17) is 9.88 Å². The lowest BCUT2D eigenvalue weighted by atomic mass is 10.1. The van der Waals surface area contributed by atoms with E-state index in [1.54, 1.807) is 12.1 Å². The number of benzene rings is 2. The molecule has 0 aliphatic heterocycles. The van der Waals surface area contributed by atoms with E-state index in [1.807, 2.05) is 67.9 Å². The van der Waals surface area contributed by atoms with Crippen LogP contribution >= 0.6 is 0 Å². The smallest absolute Gasteiger partial charge is 0.238 e. The predicted octanol–water partition coefficient (Wildman–Crippen LogP) is 4.22. The summed E-state index contributed by atoms with van der Waals surface area (Å²) in [4.78, 5) is 0.0982. The number of hydrogen-bond acceptors (Lipinski definition) is 3. The van der Waals surface area contributed by atoms with E-state index in [1.165, 1.54) is 12.1 Å². The molecule has 0 atom stereocenters. The zero-order valence-corrected chi connectivity index (χ0v) is 16.0. The molecule has 3 rings (SSSR count). The molecule has 0 aliphatic carbocycles. The first-order valence-electron chi connectivity index (χ1n) is 8.53. The molecule has 2 N–H and O–H groups in total. The summed E-state index contributed by atoms with van der Waals surface area (Å²) in [5, 5.41) is 5.14. The van der Waals surface area contributed by atoms with Crippen molar-refractivity contribution in [2.75, 3.05) is 6.61 Å². The highest BCUT2D eigenvalue weighted by molar-refractivity contribution is 7.89. The lowest BCUT2D eigenvalue weighted by molar-refractivity contribution is 0.340. The molecule has 1 heterocycles. The first kappa shape index (κ1) is 19.8. The van der Waals surface area contributed by atoms with Crippen molar-refractivity contribution in [3.8, 4) is 22.7 Å². The maximum atomic E-state index is 11.4. The Labute approximate surface area is 155 Å². The Bertz CT molecular complexity index is 928. The van der Waals surface area contributed by atoms with Crippen LogP contribution in [-0.2, 0) is 10.0 Å². The molecule has 0 radical (unpaired) electrons. The van der Waals surface area contributed by atoms with Crippen LogP contribution in [0.25, 0.3) is 16.9 Å². The average Bonchev–Trinajstić information content (AvgIpc) is 3.13. The molecule has 1 aromatic heterocycles. The van der Waals surface area contributed by atoms with Crippen LogP contribution in [0, 0.1) is 0 Å². The molecule has 3 aromatic rings. The third-order valence-electron chi connectivity index (χ3n) is 3.65. The van der Waals surface area contributed by atoms with Gasteiger partial charge in [0.1, 0.15) is 5.75 Å². The number of aromatic nitrogens is 1. The van der Waals surface area contributed by atoms with Gasteiger partial charge >= 0.3 is 0 Å². The first-order valence-corrected chi connectivity index (χ1v) is 10.1. The number of nitrogens with zero attached hydrogens (tertiary/aromatic N) is 1. The van der Waals surface area contributed by atoms with Crippen LogP contribution in [-0.4, -0.2) is 19.6 Å². The van der Waals surface area contributed by atoms with Gasteiger partial charge in [-0.15, -0.1) is 0 Å². The van der Waals surface area contributed by atoms with Crippen LogP contribution in [0.4, 0.5) is 0 Å². The van der Waals surface area contributed by atoms with Crippen molar-refractivity contribution in [2.45, 2.75) is 25.7 Å². The Hall–Kier alpha value is -2.57. The summed E-state index contributed by atoms with van der Waals surface area (Å²) >= 11 is 0. The summed E-state index contributed by atoms with van der Waals surface area (Å²) in [5.41, 5.74) is 2.90. The van der Waals surface area contributed by atoms with Gasteiger partial charge in [0.2, 0.25) is 10.0 Å². The van der Waals surface area contributed by atoms with Gasteiger partial charge in [0.15, 0.2) is 0 Å². The summed E-state index contributed by atoms with van der Waals surface area (Å²) in [6, 6.07) is 18.3. The van der Waals surface area contributed by atoms with Crippen LogP contribution in [0.3, 0.4) is 0 Å². The maximum Gasteiger partial charge on any atom is 0.238 e. The van der Waals surface area contributed by atoms with Gasteiger partial charge in [0.05, 0.1) is 17.2 Å². The van der Waals surface area contributed by atoms with Gasteiger partial charge in [-0.05, 0) is 73.2 Å². The highest BCUT2D eigenvalue weighted by atomic mass is 32.2. The Morgan fingerprint density at radius 1 is 0.962 bits per heavy atom. The van der Waals surface area contributed by atoms with Crippen molar-refractivity contribution in [1.29, 1.82) is 0 Å². The molecule has 0 amide bonds. The first-order chi connectivity index (χ1) is 12.5. The van der Waals surface area contributed by atoms with Crippen molar-refractivity contribution in [3.05, 3.63) is 66.9 Å². The minimum atomic E-state index is -3.68. The Morgan fingerprint density at radius 3 is 2.12 bits per heavy atom. The quantitative estimate of drug-likeness (QED) is 0.729. The molecule has 0 aliphatic rings. The number of primary sulfonamides is 1. The van der Waals surface area contributed by atoms with Crippen molar-refractivity contribution >= 4 is 10.0 Å². The van der Waals surface area contributed by atoms with Gasteiger partial charge < -0.3 is 9.30 Å². The van der Waals surface area contributed by atoms with Gasteiger partial charge in [-0.3, -0.25) is 0 Å². The van der Waals surface area contributed by atoms with E-state index < -0.39 is 10.0 Å². The third-order valence-corrected chi connectivity index (χ3v) is 4.58. The fourth-order valence-electron chi connectivity index (χ4n) is 2.53. The molecule has 0 saturated heterocycles. The fourth-order valence-corrected chi connectivity index (χ4v) is 3.04. The zero-order valence-electron chi connectivity index (χ0n) is 15.2. The summed E-state index contributed by atoms with van der Waals surface area (Å²) < 4.78 is 30.2. The Balaban J connectivity index is 0.00000117. The van der Waals surface area contributed by atoms with Gasteiger partial charge in [0, 0.05) is 11.9 Å². The maximum absolute atomic E-state index is 11.4. The molecular weight excluding hydrogens is 348 g/mol. The van der Waals surface area contributed by atoms with Crippen LogP contribution in [0.15, 0.2) is 71.8 Å². The number of hydrogen-bond donors (Lipinski definition) is 1. The monoisotopic (exact) mass is 372 g/mol. The molecule has 5 nitrogen and oxygen atoms in total. The zero-order chi connectivity index (χ0) is 19.2. The van der Waals surface area contributed by atoms with E-state index in [9.17, 15) is 8.42 Å². The second-order valence-corrected chi connectivity index (χ2v) is 6.82. The number of ether oxygens (including phenoxy) is 1. The standard InChI is InChI=1S/C18H18N2O3S.C2H6/c1-2-23-16-9-5-14(6-10-16)18-4-3-13-20(18)15-7-11-17(12-8-15)24(19,21)22;1-2/h3-13H,2H2,1H3,(H2,19,21,22);1-2H3. The largest absolute Gasteiger partial charge is 0.494 e. The highest BCUT2D eigenvalue weighted by Crippen LogP contribution is 2.26. The summed E-state index contributed by atoms with van der Waals surface area (Å²) in [6.45, 7) is 6.58. The summed E-state index contributed by atoms with van der Waals surface area (Å²) in [5.74, 6) is 0.830. The molecule has 0 bridgehead atoms. The van der Waals surface area contributed by atoms with Crippen LogP contribution in [0.5, 0.6) is 5.75 Å². The van der Waals surface area contributed by atoms with Crippen LogP contribution in [0.2, 0.25) is 0 Å². The number of nitrogens with two attached hydrogens (primary N) is 1. The van der Waals surface area contributed by atoms with Crippen molar-refractivity contribution in [2.24, 2.45) is 5.14 Å². The van der Waals surface area contributed by atoms with E-state index in [0.717, 1.165) is 22.7 Å². The molecule has 0 saturated carbocycles. The molecule has 26 heavy (non-hydrogen) atoms. The second kappa shape index (κ2) is 8.69. The predicted molar refractivity (Wildman–Crippen MR) is 105 cm³/mol. The molecule has 0 unspecified atom stereocenters. The summed E-state index contributed by atoms with van der Waals surface area (Å²) in [6.07, 6.45) is 1.93. The van der Waals surface area contributed by atoms with Gasteiger partial charge in [0.25, 0.3) is 0 Å². The molecule has 2 aromatic carbocycles. The second-order valence-electron chi connectivity index (χ2n) is 5.26. The Kier molecular flexibility index (Phi) is 6.60. The van der Waals surface area contributed by atoms with Gasteiger partial charge in [-0.25, -0.2) is 13.6 Å². The van der Waals surface area contributed by atoms with Crippen LogP contribution in [0.1, 0.15) is 20.8 Å². The average molecular weight is 372 g/mol. The van der Waals surface area contributed by atoms with Crippen LogP contribution < -0.4 is 9.88 Å². The molecule has 0 spiro atoms. The van der Waals surface area contributed by atoms with E-state index in [-0.39, 0.29) is 4.90 Å². The minimum Gasteiger partial charge on any atom is -0.494 e. The molecular formula is C20H24N2O3S. The fraction of sp³-hybridized carbons (Fsp3) is 0.200.